The Hall–Kier alpha value is -2.54. The van der Waals surface area contributed by atoms with Crippen LogP contribution in [0.5, 0.6) is 0 Å². The minimum Gasteiger partial charge on any atom is -0.341 e. The number of piperidine rings is 1. The number of likely N-dealkylation sites (tertiary alicyclic amines) is 1. The highest BCUT2D eigenvalue weighted by Crippen LogP contribution is 2.25. The number of halogens is 1. The van der Waals surface area contributed by atoms with Crippen LogP contribution in [0.15, 0.2) is 35.1 Å². The Morgan fingerprint density at radius 1 is 1.41 bits per heavy atom. The van der Waals surface area contributed by atoms with Crippen molar-refractivity contribution in [2.75, 3.05) is 26.7 Å². The predicted octanol–water partition coefficient (Wildman–Crippen LogP) is 2.06. The number of rotatable bonds is 5. The summed E-state index contributed by atoms with van der Waals surface area (Å²) in [5.74, 6) is 0.414. The van der Waals surface area contributed by atoms with Gasteiger partial charge in [-0.1, -0.05) is 18.2 Å². The smallest absolute Gasteiger partial charge is 0.251 e. The first-order valence-corrected chi connectivity index (χ1v) is 9.20. The van der Waals surface area contributed by atoms with Crippen LogP contribution in [0.25, 0.3) is 0 Å². The van der Waals surface area contributed by atoms with Crippen molar-refractivity contribution >= 4 is 5.91 Å². The number of hydrogen-bond donors (Lipinski definition) is 1. The molecule has 144 valence electrons. The fourth-order valence-corrected chi connectivity index (χ4v) is 3.56. The van der Waals surface area contributed by atoms with Crippen LogP contribution in [0.1, 0.15) is 35.8 Å². The van der Waals surface area contributed by atoms with Crippen molar-refractivity contribution in [3.63, 3.8) is 0 Å². The van der Waals surface area contributed by atoms with Crippen molar-refractivity contribution in [1.29, 1.82) is 0 Å². The molecule has 0 aliphatic carbocycles. The van der Waals surface area contributed by atoms with Crippen LogP contribution in [0, 0.1) is 12.7 Å². The second kappa shape index (κ2) is 8.43. The molecule has 1 aromatic heterocycles. The zero-order valence-corrected chi connectivity index (χ0v) is 15.7. The summed E-state index contributed by atoms with van der Waals surface area (Å²) in [5, 5.41) is 0. The van der Waals surface area contributed by atoms with Crippen molar-refractivity contribution in [2.24, 2.45) is 0 Å². The van der Waals surface area contributed by atoms with E-state index in [1.54, 1.807) is 25.1 Å². The minimum atomic E-state index is -0.259. The van der Waals surface area contributed by atoms with Crippen molar-refractivity contribution < 1.29 is 9.18 Å². The second-order valence-electron chi connectivity index (χ2n) is 7.20. The normalized spacial score (nSPS) is 17.3. The number of carbonyl (C=O) groups excluding carboxylic acids is 1. The van der Waals surface area contributed by atoms with Gasteiger partial charge in [-0.05, 0) is 32.9 Å². The number of aromatic nitrogens is 2. The lowest BCUT2D eigenvalue weighted by molar-refractivity contribution is -0.133. The van der Waals surface area contributed by atoms with Gasteiger partial charge < -0.3 is 9.88 Å². The topological polar surface area (TPSA) is 69.3 Å². The zero-order chi connectivity index (χ0) is 19.4. The largest absolute Gasteiger partial charge is 0.341 e. The van der Waals surface area contributed by atoms with E-state index in [1.807, 2.05) is 16.8 Å². The van der Waals surface area contributed by atoms with Crippen molar-refractivity contribution in [3.05, 3.63) is 63.6 Å². The average molecular weight is 372 g/mol. The van der Waals surface area contributed by atoms with E-state index in [1.165, 1.54) is 12.1 Å². The molecule has 0 radical (unpaired) electrons. The maximum Gasteiger partial charge on any atom is 0.251 e. The molecule has 1 aliphatic heterocycles. The number of aryl methyl sites for hydroxylation is 1. The minimum absolute atomic E-state index is 0.0140. The third-order valence-electron chi connectivity index (χ3n) is 4.88. The van der Waals surface area contributed by atoms with E-state index >= 15 is 0 Å². The second-order valence-corrected chi connectivity index (χ2v) is 7.20. The maximum absolute atomic E-state index is 13.8. The number of likely N-dealkylation sites (N-methyl/N-ethyl adjacent to an activating group) is 1. The van der Waals surface area contributed by atoms with Gasteiger partial charge in [-0.25, -0.2) is 9.37 Å². The predicted molar refractivity (Wildman–Crippen MR) is 101 cm³/mol. The summed E-state index contributed by atoms with van der Waals surface area (Å²) >= 11 is 0. The van der Waals surface area contributed by atoms with Crippen molar-refractivity contribution in [1.82, 2.24) is 19.8 Å². The molecule has 0 unspecified atom stereocenters. The Balaban J connectivity index is 1.61. The summed E-state index contributed by atoms with van der Waals surface area (Å²) < 4.78 is 13.8. The standard InChI is InChI=1S/C20H25FN4O2/c1-14-22-18(10-19(26)23-14)16-7-5-9-25(12-16)20(27)13-24(2)11-15-6-3-4-8-17(15)21/h3-4,6,8,10,16H,5,7,9,11-13H2,1-2H3,(H,22,23,26)/t16-/m1/s1. The van der Waals surface area contributed by atoms with E-state index in [0.29, 0.717) is 31.0 Å². The number of nitrogens with one attached hydrogen (secondary N) is 1. The van der Waals surface area contributed by atoms with Gasteiger partial charge >= 0.3 is 0 Å². The highest BCUT2D eigenvalue weighted by atomic mass is 19.1. The molecule has 2 heterocycles. The van der Waals surface area contributed by atoms with Crippen LogP contribution in [0.2, 0.25) is 0 Å². The molecule has 0 bridgehead atoms. The molecule has 1 atom stereocenters. The third kappa shape index (κ3) is 5.01. The first-order valence-electron chi connectivity index (χ1n) is 9.20. The van der Waals surface area contributed by atoms with E-state index < -0.39 is 0 Å². The fraction of sp³-hybridized carbons (Fsp3) is 0.450. The molecule has 2 aromatic rings. The Labute approximate surface area is 158 Å². The van der Waals surface area contributed by atoms with E-state index in [4.69, 9.17) is 0 Å². The molecule has 6 nitrogen and oxygen atoms in total. The summed E-state index contributed by atoms with van der Waals surface area (Å²) in [4.78, 5) is 35.1. The van der Waals surface area contributed by atoms with Gasteiger partial charge in [-0.15, -0.1) is 0 Å². The number of hydrogen-bond acceptors (Lipinski definition) is 4. The lowest BCUT2D eigenvalue weighted by atomic mass is 9.94. The van der Waals surface area contributed by atoms with Crippen LogP contribution < -0.4 is 5.56 Å². The summed E-state index contributed by atoms with van der Waals surface area (Å²) in [7, 11) is 1.81. The SMILES string of the molecule is Cc1nc([C@@H]2CCCN(C(=O)CN(C)Cc3ccccc3F)C2)cc(=O)[nH]1. The van der Waals surface area contributed by atoms with E-state index in [0.717, 1.165) is 18.5 Å². The van der Waals surface area contributed by atoms with E-state index in [-0.39, 0.29) is 29.7 Å². The monoisotopic (exact) mass is 372 g/mol. The summed E-state index contributed by atoms with van der Waals surface area (Å²) in [6.07, 6.45) is 1.78. The van der Waals surface area contributed by atoms with Gasteiger partial charge in [0.15, 0.2) is 0 Å². The molecule has 1 N–H and O–H groups in total. The molecule has 1 amide bonds. The number of benzene rings is 1. The van der Waals surface area contributed by atoms with Gasteiger partial charge in [0.2, 0.25) is 5.91 Å². The molecular formula is C20H25FN4O2. The van der Waals surface area contributed by atoms with Crippen molar-refractivity contribution in [2.45, 2.75) is 32.2 Å². The Kier molecular flexibility index (Phi) is 6.01. The Bertz CT molecular complexity index is 867. The van der Waals surface area contributed by atoms with E-state index in [9.17, 15) is 14.0 Å². The molecule has 7 heteroatoms. The van der Waals surface area contributed by atoms with Gasteiger partial charge in [0.1, 0.15) is 11.6 Å². The molecule has 3 rings (SSSR count). The molecule has 27 heavy (non-hydrogen) atoms. The fourth-order valence-electron chi connectivity index (χ4n) is 3.56. The van der Waals surface area contributed by atoms with Gasteiger partial charge in [-0.2, -0.15) is 0 Å². The zero-order valence-electron chi connectivity index (χ0n) is 15.7. The lowest BCUT2D eigenvalue weighted by Crippen LogP contribution is -2.44. The maximum atomic E-state index is 13.8. The van der Waals surface area contributed by atoms with Crippen LogP contribution in [-0.2, 0) is 11.3 Å². The van der Waals surface area contributed by atoms with Crippen LogP contribution in [-0.4, -0.2) is 52.4 Å². The van der Waals surface area contributed by atoms with Gasteiger partial charge in [0.05, 0.1) is 12.2 Å². The molecule has 1 aliphatic rings. The van der Waals surface area contributed by atoms with Gasteiger partial charge in [-0.3, -0.25) is 14.5 Å². The summed E-state index contributed by atoms with van der Waals surface area (Å²) in [5.41, 5.74) is 1.16. The lowest BCUT2D eigenvalue weighted by Gasteiger charge is -2.33. The summed E-state index contributed by atoms with van der Waals surface area (Å²) in [6.45, 7) is 3.62. The van der Waals surface area contributed by atoms with Gasteiger partial charge in [0, 0.05) is 37.2 Å². The molecule has 1 fully saturated rings. The molecule has 1 saturated heterocycles. The molecule has 0 saturated carbocycles. The first kappa shape index (κ1) is 19.2. The van der Waals surface area contributed by atoms with Gasteiger partial charge in [0.25, 0.3) is 5.56 Å². The summed E-state index contributed by atoms with van der Waals surface area (Å²) in [6, 6.07) is 8.13. The number of nitrogens with zero attached hydrogens (tertiary/aromatic N) is 3. The Morgan fingerprint density at radius 3 is 2.93 bits per heavy atom. The number of amides is 1. The quantitative estimate of drug-likeness (QED) is 0.872. The van der Waals surface area contributed by atoms with Crippen molar-refractivity contribution in [3.8, 4) is 0 Å². The van der Waals surface area contributed by atoms with E-state index in [2.05, 4.69) is 9.97 Å². The molecule has 1 aromatic carbocycles. The number of carbonyl (C=O) groups is 1. The number of aromatic amines is 1. The first-order chi connectivity index (χ1) is 12.9. The molecular weight excluding hydrogens is 347 g/mol. The number of H-pyrrole nitrogens is 1. The molecule has 0 spiro atoms. The average Bonchev–Trinajstić information content (AvgIpc) is 2.63. The highest BCUT2D eigenvalue weighted by Gasteiger charge is 2.26. The van der Waals surface area contributed by atoms with Crippen LogP contribution in [0.3, 0.4) is 0 Å². The highest BCUT2D eigenvalue weighted by molar-refractivity contribution is 5.78. The van der Waals surface area contributed by atoms with Crippen LogP contribution in [0.4, 0.5) is 4.39 Å². The van der Waals surface area contributed by atoms with Crippen LogP contribution >= 0.6 is 0 Å². The Morgan fingerprint density at radius 2 is 2.19 bits per heavy atom. The third-order valence-corrected chi connectivity index (χ3v) is 4.88.